The second-order valence-corrected chi connectivity index (χ2v) is 3.78. The van der Waals surface area contributed by atoms with Gasteiger partial charge < -0.3 is 4.74 Å². The Bertz CT molecular complexity index is 540. The van der Waals surface area contributed by atoms with Gasteiger partial charge in [-0.25, -0.2) is 5.84 Å². The zero-order valence-electron chi connectivity index (χ0n) is 9.51. The van der Waals surface area contributed by atoms with Gasteiger partial charge >= 0.3 is 0 Å². The minimum Gasteiger partial charge on any atom is -0.481 e. The summed E-state index contributed by atoms with van der Waals surface area (Å²) in [5.74, 6) is 5.34. The van der Waals surface area contributed by atoms with E-state index < -0.39 is 6.10 Å². The molecule has 0 unspecified atom stereocenters. The standard InChI is InChI=1S/C13H14N2O2/c1-9(13(16)15-14)17-12-7-6-10-4-2-3-5-11(10)8-12/h2-9H,14H2,1H3,(H,15,16)/t9-/m0/s1. The maximum absolute atomic E-state index is 11.2. The second kappa shape index (κ2) is 4.84. The average Bonchev–Trinajstić information content (AvgIpc) is 2.37. The quantitative estimate of drug-likeness (QED) is 0.478. The number of hydrogen-bond donors (Lipinski definition) is 2. The Balaban J connectivity index is 2.22. The van der Waals surface area contributed by atoms with Crippen molar-refractivity contribution in [2.45, 2.75) is 13.0 Å². The van der Waals surface area contributed by atoms with Gasteiger partial charge in [-0.1, -0.05) is 30.3 Å². The molecule has 4 nitrogen and oxygen atoms in total. The van der Waals surface area contributed by atoms with Crippen LogP contribution in [0.15, 0.2) is 42.5 Å². The van der Waals surface area contributed by atoms with Gasteiger partial charge in [0, 0.05) is 0 Å². The first-order valence-electron chi connectivity index (χ1n) is 5.36. The lowest BCUT2D eigenvalue weighted by molar-refractivity contribution is -0.127. The molecule has 1 atom stereocenters. The van der Waals surface area contributed by atoms with Gasteiger partial charge in [-0.2, -0.15) is 0 Å². The average molecular weight is 230 g/mol. The molecule has 0 aliphatic heterocycles. The predicted octanol–water partition coefficient (Wildman–Crippen LogP) is 1.60. The summed E-state index contributed by atoms with van der Waals surface area (Å²) in [7, 11) is 0. The van der Waals surface area contributed by atoms with E-state index in [1.54, 1.807) is 6.92 Å². The third-order valence-corrected chi connectivity index (χ3v) is 2.55. The van der Waals surface area contributed by atoms with Crippen LogP contribution in [0.4, 0.5) is 0 Å². The van der Waals surface area contributed by atoms with Crippen LogP contribution in [0.1, 0.15) is 6.92 Å². The fourth-order valence-corrected chi connectivity index (χ4v) is 1.62. The molecule has 0 heterocycles. The Morgan fingerprint density at radius 2 is 1.94 bits per heavy atom. The second-order valence-electron chi connectivity index (χ2n) is 3.78. The van der Waals surface area contributed by atoms with Crippen LogP contribution in [-0.2, 0) is 4.79 Å². The number of carbonyl (C=O) groups is 1. The number of nitrogens with one attached hydrogen (secondary N) is 1. The molecule has 2 aromatic rings. The van der Waals surface area contributed by atoms with Crippen molar-refractivity contribution in [3.63, 3.8) is 0 Å². The van der Waals surface area contributed by atoms with Crippen LogP contribution in [0.25, 0.3) is 10.8 Å². The van der Waals surface area contributed by atoms with Crippen molar-refractivity contribution in [1.29, 1.82) is 0 Å². The van der Waals surface area contributed by atoms with Crippen molar-refractivity contribution in [1.82, 2.24) is 5.43 Å². The highest BCUT2D eigenvalue weighted by Gasteiger charge is 2.12. The van der Waals surface area contributed by atoms with Crippen LogP contribution < -0.4 is 16.0 Å². The number of nitrogens with two attached hydrogens (primary N) is 1. The molecule has 0 aromatic heterocycles. The van der Waals surface area contributed by atoms with Gasteiger partial charge in [0.15, 0.2) is 6.10 Å². The zero-order chi connectivity index (χ0) is 12.3. The van der Waals surface area contributed by atoms with Crippen molar-refractivity contribution in [3.05, 3.63) is 42.5 Å². The van der Waals surface area contributed by atoms with Crippen LogP contribution in [0.2, 0.25) is 0 Å². The molecule has 2 aromatic carbocycles. The van der Waals surface area contributed by atoms with Crippen molar-refractivity contribution in [3.8, 4) is 5.75 Å². The van der Waals surface area contributed by atoms with E-state index in [0.29, 0.717) is 5.75 Å². The van der Waals surface area contributed by atoms with Crippen LogP contribution in [0.5, 0.6) is 5.75 Å². The summed E-state index contributed by atoms with van der Waals surface area (Å²) >= 11 is 0. The van der Waals surface area contributed by atoms with Crippen molar-refractivity contribution in [2.75, 3.05) is 0 Å². The van der Waals surface area contributed by atoms with Gasteiger partial charge in [0.05, 0.1) is 0 Å². The molecule has 1 amide bonds. The lowest BCUT2D eigenvalue weighted by Crippen LogP contribution is -2.40. The lowest BCUT2D eigenvalue weighted by Gasteiger charge is -2.13. The summed E-state index contributed by atoms with van der Waals surface area (Å²) in [4.78, 5) is 11.2. The van der Waals surface area contributed by atoms with E-state index in [4.69, 9.17) is 10.6 Å². The fourth-order valence-electron chi connectivity index (χ4n) is 1.62. The van der Waals surface area contributed by atoms with Gasteiger partial charge in [0.1, 0.15) is 5.75 Å². The predicted molar refractivity (Wildman–Crippen MR) is 66.4 cm³/mol. The molecule has 0 bridgehead atoms. The Morgan fingerprint density at radius 1 is 1.24 bits per heavy atom. The van der Waals surface area contributed by atoms with Crippen molar-refractivity contribution >= 4 is 16.7 Å². The van der Waals surface area contributed by atoms with E-state index in [2.05, 4.69) is 5.43 Å². The van der Waals surface area contributed by atoms with Crippen LogP contribution in [0, 0.1) is 0 Å². The third-order valence-electron chi connectivity index (χ3n) is 2.55. The molecule has 88 valence electrons. The summed E-state index contributed by atoms with van der Waals surface area (Å²) in [6.45, 7) is 1.65. The molecule has 0 aliphatic rings. The number of carbonyl (C=O) groups excluding carboxylic acids is 1. The van der Waals surface area contributed by atoms with Gasteiger partial charge in [0.25, 0.3) is 5.91 Å². The third kappa shape index (κ3) is 2.54. The van der Waals surface area contributed by atoms with Gasteiger partial charge in [-0.3, -0.25) is 10.2 Å². The molecular weight excluding hydrogens is 216 g/mol. The highest BCUT2D eigenvalue weighted by molar-refractivity contribution is 5.84. The number of benzene rings is 2. The summed E-state index contributed by atoms with van der Waals surface area (Å²) < 4.78 is 5.48. The Labute approximate surface area is 99.3 Å². The maximum atomic E-state index is 11.2. The fraction of sp³-hybridized carbons (Fsp3) is 0.154. The highest BCUT2D eigenvalue weighted by atomic mass is 16.5. The molecule has 3 N–H and O–H groups in total. The molecule has 0 saturated carbocycles. The van der Waals surface area contributed by atoms with E-state index >= 15 is 0 Å². The number of ether oxygens (including phenoxy) is 1. The number of fused-ring (bicyclic) bond motifs is 1. The SMILES string of the molecule is C[C@H](Oc1ccc2ccccc2c1)C(=O)NN. The summed E-state index contributed by atoms with van der Waals surface area (Å²) in [6, 6.07) is 13.6. The number of amides is 1. The van der Waals surface area contributed by atoms with Gasteiger partial charge in [-0.05, 0) is 29.8 Å². The Hall–Kier alpha value is -2.07. The number of hydrogen-bond acceptors (Lipinski definition) is 3. The smallest absolute Gasteiger partial charge is 0.274 e. The van der Waals surface area contributed by atoms with Gasteiger partial charge in [-0.15, -0.1) is 0 Å². The lowest BCUT2D eigenvalue weighted by atomic mass is 10.1. The first-order valence-corrected chi connectivity index (χ1v) is 5.36. The molecule has 0 fully saturated rings. The number of rotatable bonds is 3. The maximum Gasteiger partial charge on any atom is 0.274 e. The minimum absolute atomic E-state index is 0.349. The first kappa shape index (κ1) is 11.4. The number of hydrazine groups is 1. The van der Waals surface area contributed by atoms with Crippen LogP contribution >= 0.6 is 0 Å². The monoisotopic (exact) mass is 230 g/mol. The molecular formula is C13H14N2O2. The largest absolute Gasteiger partial charge is 0.481 e. The molecule has 0 aliphatic carbocycles. The van der Waals surface area contributed by atoms with E-state index in [0.717, 1.165) is 10.8 Å². The first-order chi connectivity index (χ1) is 8.20. The van der Waals surface area contributed by atoms with Gasteiger partial charge in [0.2, 0.25) is 0 Å². The highest BCUT2D eigenvalue weighted by Crippen LogP contribution is 2.21. The zero-order valence-corrected chi connectivity index (χ0v) is 9.51. The molecule has 17 heavy (non-hydrogen) atoms. The van der Waals surface area contributed by atoms with E-state index in [1.165, 1.54) is 0 Å². The summed E-state index contributed by atoms with van der Waals surface area (Å²) in [5.41, 5.74) is 2.06. The molecule has 2 rings (SSSR count). The normalized spacial score (nSPS) is 12.1. The summed E-state index contributed by atoms with van der Waals surface area (Å²) in [6.07, 6.45) is -0.610. The Morgan fingerprint density at radius 3 is 2.65 bits per heavy atom. The van der Waals surface area contributed by atoms with Crippen molar-refractivity contribution in [2.24, 2.45) is 5.84 Å². The minimum atomic E-state index is -0.610. The molecule has 4 heteroatoms. The molecule has 0 spiro atoms. The Kier molecular flexibility index (Phi) is 3.25. The van der Waals surface area contributed by atoms with Crippen LogP contribution in [0.3, 0.4) is 0 Å². The van der Waals surface area contributed by atoms with E-state index in [1.807, 2.05) is 42.5 Å². The molecule has 0 saturated heterocycles. The van der Waals surface area contributed by atoms with E-state index in [-0.39, 0.29) is 5.91 Å². The van der Waals surface area contributed by atoms with Crippen molar-refractivity contribution < 1.29 is 9.53 Å². The van der Waals surface area contributed by atoms with Crippen LogP contribution in [-0.4, -0.2) is 12.0 Å². The van der Waals surface area contributed by atoms with E-state index in [9.17, 15) is 4.79 Å². The molecule has 0 radical (unpaired) electrons. The summed E-state index contributed by atoms with van der Waals surface area (Å²) in [5, 5.41) is 2.21. The topological polar surface area (TPSA) is 64.3 Å².